The van der Waals surface area contributed by atoms with Crippen molar-refractivity contribution in [1.82, 2.24) is 13.9 Å². The van der Waals surface area contributed by atoms with Gasteiger partial charge in [-0.1, -0.05) is 18.2 Å². The largest absolute Gasteiger partial charge is 0.379 e. The minimum Gasteiger partial charge on any atom is -0.379 e. The lowest BCUT2D eigenvalue weighted by atomic mass is 10.2. The highest BCUT2D eigenvalue weighted by atomic mass is 32.2. The lowest BCUT2D eigenvalue weighted by Crippen LogP contribution is -2.40. The maximum Gasteiger partial charge on any atom is 0.243 e. The minimum atomic E-state index is -3.59. The number of benzene rings is 2. The Kier molecular flexibility index (Phi) is 6.59. The molecule has 0 radical (unpaired) electrons. The quantitative estimate of drug-likeness (QED) is 0.590. The number of hydrogen-bond acceptors (Lipinski definition) is 5. The van der Waals surface area contributed by atoms with E-state index in [1.165, 1.54) is 4.31 Å². The highest BCUT2D eigenvalue weighted by Gasteiger charge is 2.27. The topological polar surface area (TPSA) is 93.5 Å². The third kappa shape index (κ3) is 4.55. The summed E-state index contributed by atoms with van der Waals surface area (Å²) in [5.41, 5.74) is 3.30. The Morgan fingerprint density at radius 3 is 2.62 bits per heavy atom. The number of amides is 1. The van der Waals surface area contributed by atoms with Crippen LogP contribution >= 0.6 is 0 Å². The Labute approximate surface area is 188 Å². The first-order valence-corrected chi connectivity index (χ1v) is 12.3. The number of aryl methyl sites for hydroxylation is 3. The smallest absolute Gasteiger partial charge is 0.243 e. The van der Waals surface area contributed by atoms with Crippen LogP contribution in [0, 0.1) is 6.92 Å². The first kappa shape index (κ1) is 22.4. The van der Waals surface area contributed by atoms with Crippen molar-refractivity contribution in [2.24, 2.45) is 0 Å². The molecule has 8 nitrogen and oxygen atoms in total. The molecule has 3 aromatic rings. The predicted molar refractivity (Wildman–Crippen MR) is 123 cm³/mol. The number of nitrogens with one attached hydrogen (secondary N) is 1. The number of sulfonamides is 1. The SMILES string of the molecule is CCn1c(CCC(=O)Nc2ccccc2C)nc2cc(S(=O)(=O)N3CCOCC3)ccc21. The summed E-state index contributed by atoms with van der Waals surface area (Å²) in [5, 5.41) is 2.95. The van der Waals surface area contributed by atoms with Crippen LogP contribution in [-0.2, 0) is 32.5 Å². The molecule has 1 N–H and O–H groups in total. The number of rotatable bonds is 7. The molecule has 1 aliphatic heterocycles. The number of anilines is 1. The van der Waals surface area contributed by atoms with E-state index in [-0.39, 0.29) is 17.2 Å². The van der Waals surface area contributed by atoms with E-state index in [0.29, 0.717) is 44.8 Å². The van der Waals surface area contributed by atoms with Gasteiger partial charge in [0.25, 0.3) is 0 Å². The average molecular weight is 457 g/mol. The molecule has 1 fully saturated rings. The standard InChI is InChI=1S/C23H28N4O4S/c1-3-27-21-9-8-18(32(29,30)26-12-14-31-15-13-26)16-20(21)24-22(27)10-11-23(28)25-19-7-5-4-6-17(19)2/h4-9,16H,3,10-15H2,1-2H3,(H,25,28). The normalized spacial score (nSPS) is 15.2. The summed E-state index contributed by atoms with van der Waals surface area (Å²) < 4.78 is 34.7. The lowest BCUT2D eigenvalue weighted by molar-refractivity contribution is -0.116. The minimum absolute atomic E-state index is 0.0791. The summed E-state index contributed by atoms with van der Waals surface area (Å²) >= 11 is 0. The number of carbonyl (C=O) groups is 1. The number of carbonyl (C=O) groups excluding carboxylic acids is 1. The van der Waals surface area contributed by atoms with Gasteiger partial charge in [-0.25, -0.2) is 13.4 Å². The fourth-order valence-electron chi connectivity index (χ4n) is 3.95. The molecule has 2 aromatic carbocycles. The van der Waals surface area contributed by atoms with Crippen LogP contribution in [0.1, 0.15) is 24.7 Å². The van der Waals surface area contributed by atoms with Crippen molar-refractivity contribution in [3.8, 4) is 0 Å². The Morgan fingerprint density at radius 2 is 1.91 bits per heavy atom. The fraction of sp³-hybridized carbons (Fsp3) is 0.391. The summed E-state index contributed by atoms with van der Waals surface area (Å²) in [6, 6.07) is 12.7. The van der Waals surface area contributed by atoms with E-state index in [1.54, 1.807) is 18.2 Å². The molecule has 1 saturated heterocycles. The van der Waals surface area contributed by atoms with E-state index in [9.17, 15) is 13.2 Å². The second-order valence-corrected chi connectivity index (χ2v) is 9.74. The van der Waals surface area contributed by atoms with E-state index < -0.39 is 10.0 Å². The zero-order chi connectivity index (χ0) is 22.7. The monoisotopic (exact) mass is 456 g/mol. The van der Waals surface area contributed by atoms with Crippen LogP contribution in [0.15, 0.2) is 47.4 Å². The lowest BCUT2D eigenvalue weighted by Gasteiger charge is -2.26. The number of nitrogens with zero attached hydrogens (tertiary/aromatic N) is 3. The zero-order valence-corrected chi connectivity index (χ0v) is 19.2. The molecule has 0 spiro atoms. The van der Waals surface area contributed by atoms with Crippen molar-refractivity contribution in [3.63, 3.8) is 0 Å². The molecule has 4 rings (SSSR count). The molecule has 1 amide bonds. The zero-order valence-electron chi connectivity index (χ0n) is 18.4. The van der Waals surface area contributed by atoms with Crippen molar-refractivity contribution in [1.29, 1.82) is 0 Å². The Balaban J connectivity index is 1.53. The Bertz CT molecular complexity index is 1230. The first-order chi connectivity index (χ1) is 15.4. The fourth-order valence-corrected chi connectivity index (χ4v) is 5.38. The van der Waals surface area contributed by atoms with E-state index in [1.807, 2.05) is 42.7 Å². The number of morpholine rings is 1. The second-order valence-electron chi connectivity index (χ2n) is 7.80. The van der Waals surface area contributed by atoms with Crippen LogP contribution in [-0.4, -0.2) is 54.5 Å². The van der Waals surface area contributed by atoms with Crippen LogP contribution in [0.4, 0.5) is 5.69 Å². The molecule has 1 aliphatic rings. The summed E-state index contributed by atoms with van der Waals surface area (Å²) in [4.78, 5) is 17.4. The van der Waals surface area contributed by atoms with Crippen LogP contribution in [0.25, 0.3) is 11.0 Å². The van der Waals surface area contributed by atoms with Crippen molar-refractivity contribution >= 4 is 32.7 Å². The van der Waals surface area contributed by atoms with Crippen LogP contribution in [0.5, 0.6) is 0 Å². The van der Waals surface area contributed by atoms with Crippen LogP contribution in [0.3, 0.4) is 0 Å². The van der Waals surface area contributed by atoms with Crippen LogP contribution < -0.4 is 5.32 Å². The molecule has 170 valence electrons. The van der Waals surface area contributed by atoms with Crippen molar-refractivity contribution in [2.75, 3.05) is 31.6 Å². The first-order valence-electron chi connectivity index (χ1n) is 10.8. The van der Waals surface area contributed by atoms with Gasteiger partial charge < -0.3 is 14.6 Å². The van der Waals surface area contributed by atoms with Crippen molar-refractivity contribution < 1.29 is 17.9 Å². The second kappa shape index (κ2) is 9.40. The van der Waals surface area contributed by atoms with E-state index in [4.69, 9.17) is 4.74 Å². The molecule has 0 bridgehead atoms. The van der Waals surface area contributed by atoms with Gasteiger partial charge in [0.05, 0.1) is 29.1 Å². The number of para-hydroxylation sites is 1. The maximum absolute atomic E-state index is 13.0. The molecular formula is C23H28N4O4S. The Hall–Kier alpha value is -2.75. The highest BCUT2D eigenvalue weighted by molar-refractivity contribution is 7.89. The van der Waals surface area contributed by atoms with Gasteiger partial charge in [-0.3, -0.25) is 4.79 Å². The number of imidazole rings is 1. The predicted octanol–water partition coefficient (Wildman–Crippen LogP) is 2.96. The molecule has 0 saturated carbocycles. The molecule has 1 aromatic heterocycles. The van der Waals surface area contributed by atoms with Crippen LogP contribution in [0.2, 0.25) is 0 Å². The van der Waals surface area contributed by atoms with Gasteiger partial charge in [-0.15, -0.1) is 0 Å². The molecule has 9 heteroatoms. The highest BCUT2D eigenvalue weighted by Crippen LogP contribution is 2.24. The summed E-state index contributed by atoms with van der Waals surface area (Å²) in [5.74, 6) is 0.688. The van der Waals surface area contributed by atoms with Gasteiger partial charge in [0.15, 0.2) is 0 Å². The summed E-state index contributed by atoms with van der Waals surface area (Å²) in [6.07, 6.45) is 0.752. The molecule has 0 atom stereocenters. The number of hydrogen-bond donors (Lipinski definition) is 1. The summed E-state index contributed by atoms with van der Waals surface area (Å²) in [6.45, 7) is 6.16. The van der Waals surface area contributed by atoms with E-state index in [2.05, 4.69) is 10.3 Å². The third-order valence-corrected chi connectivity index (χ3v) is 7.61. The van der Waals surface area contributed by atoms with Gasteiger partial charge in [0.2, 0.25) is 15.9 Å². The average Bonchev–Trinajstić information content (AvgIpc) is 3.16. The molecule has 2 heterocycles. The Morgan fingerprint density at radius 1 is 1.16 bits per heavy atom. The van der Waals surface area contributed by atoms with Gasteiger partial charge in [-0.2, -0.15) is 4.31 Å². The van der Waals surface area contributed by atoms with E-state index >= 15 is 0 Å². The summed E-state index contributed by atoms with van der Waals surface area (Å²) in [7, 11) is -3.59. The molecule has 0 aliphatic carbocycles. The molecular weight excluding hydrogens is 428 g/mol. The van der Waals surface area contributed by atoms with E-state index in [0.717, 1.165) is 22.6 Å². The molecule has 0 unspecified atom stereocenters. The van der Waals surface area contributed by atoms with Gasteiger partial charge in [-0.05, 0) is 43.7 Å². The molecule has 32 heavy (non-hydrogen) atoms. The number of fused-ring (bicyclic) bond motifs is 1. The number of aromatic nitrogens is 2. The number of ether oxygens (including phenoxy) is 1. The van der Waals surface area contributed by atoms with Gasteiger partial charge in [0, 0.05) is 38.2 Å². The third-order valence-electron chi connectivity index (χ3n) is 5.72. The van der Waals surface area contributed by atoms with Crippen molar-refractivity contribution in [3.05, 3.63) is 53.9 Å². The van der Waals surface area contributed by atoms with Crippen molar-refractivity contribution in [2.45, 2.75) is 38.1 Å². The van der Waals surface area contributed by atoms with Gasteiger partial charge in [0.1, 0.15) is 5.82 Å². The maximum atomic E-state index is 13.0. The van der Waals surface area contributed by atoms with Gasteiger partial charge >= 0.3 is 0 Å².